The monoisotopic (exact) mass is 194 g/mol. The molecule has 0 radical (unpaired) electrons. The summed E-state index contributed by atoms with van der Waals surface area (Å²) in [7, 11) is 0. The molecule has 0 aliphatic rings. The molecule has 0 aliphatic carbocycles. The minimum Gasteiger partial charge on any atom is -0.448 e. The molecular weight excluding hydrogens is 180 g/mol. The first-order valence-corrected chi connectivity index (χ1v) is 4.41. The smallest absolute Gasteiger partial charge is 0.421 e. The molecule has 4 heteroatoms. The van der Waals surface area contributed by atoms with Gasteiger partial charge in [-0.1, -0.05) is 29.8 Å². The van der Waals surface area contributed by atoms with E-state index >= 15 is 0 Å². The highest BCUT2D eigenvalue weighted by Crippen LogP contribution is 2.03. The number of carbonyl (C=O) groups is 1. The normalized spacial score (nSPS) is 9.57. The third-order valence-electron chi connectivity index (χ3n) is 1.86. The molecule has 1 rings (SSSR count). The molecule has 4 nitrogen and oxygen atoms in total. The van der Waals surface area contributed by atoms with Gasteiger partial charge in [0, 0.05) is 6.42 Å². The maximum absolute atomic E-state index is 10.6. The van der Waals surface area contributed by atoms with Gasteiger partial charge < -0.3 is 4.74 Å². The number of nitrogens with one attached hydrogen (secondary N) is 1. The van der Waals surface area contributed by atoms with Crippen LogP contribution in [-0.4, -0.2) is 12.7 Å². The van der Waals surface area contributed by atoms with Crippen molar-refractivity contribution in [2.45, 2.75) is 13.3 Å². The van der Waals surface area contributed by atoms with Crippen molar-refractivity contribution in [1.82, 2.24) is 5.43 Å². The van der Waals surface area contributed by atoms with Crippen LogP contribution in [0.25, 0.3) is 0 Å². The molecule has 0 heterocycles. The van der Waals surface area contributed by atoms with Gasteiger partial charge in [0.1, 0.15) is 0 Å². The van der Waals surface area contributed by atoms with Gasteiger partial charge in [-0.15, -0.1) is 0 Å². The summed E-state index contributed by atoms with van der Waals surface area (Å²) in [5.74, 6) is 4.85. The Morgan fingerprint density at radius 2 is 2.07 bits per heavy atom. The predicted molar refractivity (Wildman–Crippen MR) is 53.6 cm³/mol. The lowest BCUT2D eigenvalue weighted by Gasteiger charge is -2.03. The highest BCUT2D eigenvalue weighted by molar-refractivity contribution is 5.66. The summed E-state index contributed by atoms with van der Waals surface area (Å²) < 4.78 is 4.75. The fourth-order valence-electron chi connectivity index (χ4n) is 1.06. The Balaban J connectivity index is 2.31. The van der Waals surface area contributed by atoms with Crippen molar-refractivity contribution in [3.05, 3.63) is 35.4 Å². The zero-order chi connectivity index (χ0) is 10.4. The molecule has 0 fully saturated rings. The molecule has 14 heavy (non-hydrogen) atoms. The first-order valence-electron chi connectivity index (χ1n) is 4.41. The minimum atomic E-state index is -0.600. The van der Waals surface area contributed by atoms with Gasteiger partial charge in [-0.3, -0.25) is 5.43 Å². The Morgan fingerprint density at radius 1 is 1.43 bits per heavy atom. The van der Waals surface area contributed by atoms with E-state index in [0.717, 1.165) is 5.56 Å². The Labute approximate surface area is 83.0 Å². The van der Waals surface area contributed by atoms with Crippen molar-refractivity contribution in [3.8, 4) is 0 Å². The van der Waals surface area contributed by atoms with Crippen LogP contribution in [0.4, 0.5) is 4.79 Å². The molecule has 3 N–H and O–H groups in total. The number of aryl methyl sites for hydroxylation is 1. The number of hydrogen-bond acceptors (Lipinski definition) is 3. The number of amides is 1. The van der Waals surface area contributed by atoms with E-state index in [9.17, 15) is 4.79 Å². The number of ether oxygens (including phenoxy) is 1. The van der Waals surface area contributed by atoms with E-state index in [-0.39, 0.29) is 0 Å². The molecule has 1 aromatic rings. The van der Waals surface area contributed by atoms with E-state index in [1.807, 2.05) is 36.6 Å². The van der Waals surface area contributed by atoms with Crippen molar-refractivity contribution in [3.63, 3.8) is 0 Å². The van der Waals surface area contributed by atoms with Crippen LogP contribution in [0.2, 0.25) is 0 Å². The second-order valence-electron chi connectivity index (χ2n) is 3.02. The van der Waals surface area contributed by atoms with Gasteiger partial charge in [-0.2, -0.15) is 0 Å². The SMILES string of the molecule is Cc1ccc(CCOC(=O)NN)cc1. The molecule has 0 saturated heterocycles. The van der Waals surface area contributed by atoms with Gasteiger partial charge in [0.25, 0.3) is 0 Å². The topological polar surface area (TPSA) is 64.3 Å². The summed E-state index contributed by atoms with van der Waals surface area (Å²) in [6, 6.07) is 8.08. The molecule has 76 valence electrons. The second-order valence-corrected chi connectivity index (χ2v) is 3.02. The van der Waals surface area contributed by atoms with Gasteiger partial charge in [-0.25, -0.2) is 10.6 Å². The summed E-state index contributed by atoms with van der Waals surface area (Å²) in [5.41, 5.74) is 4.26. The highest BCUT2D eigenvalue weighted by atomic mass is 16.5. The van der Waals surface area contributed by atoms with E-state index in [0.29, 0.717) is 13.0 Å². The van der Waals surface area contributed by atoms with Crippen molar-refractivity contribution >= 4 is 6.09 Å². The summed E-state index contributed by atoms with van der Waals surface area (Å²) in [6.45, 7) is 2.37. The fourth-order valence-corrected chi connectivity index (χ4v) is 1.06. The van der Waals surface area contributed by atoms with Crippen molar-refractivity contribution in [1.29, 1.82) is 0 Å². The van der Waals surface area contributed by atoms with E-state index in [4.69, 9.17) is 10.6 Å². The van der Waals surface area contributed by atoms with Crippen LogP contribution in [0.5, 0.6) is 0 Å². The third-order valence-corrected chi connectivity index (χ3v) is 1.86. The Bertz CT molecular complexity index is 295. The van der Waals surface area contributed by atoms with Crippen LogP contribution >= 0.6 is 0 Å². The van der Waals surface area contributed by atoms with E-state index in [1.54, 1.807) is 0 Å². The Morgan fingerprint density at radius 3 is 2.64 bits per heavy atom. The van der Waals surface area contributed by atoms with E-state index in [1.165, 1.54) is 5.56 Å². The summed E-state index contributed by atoms with van der Waals surface area (Å²) >= 11 is 0. The lowest BCUT2D eigenvalue weighted by molar-refractivity contribution is 0.147. The molecule has 0 atom stereocenters. The second kappa shape index (κ2) is 5.24. The van der Waals surface area contributed by atoms with Crippen LogP contribution < -0.4 is 11.3 Å². The molecule has 0 spiro atoms. The summed E-state index contributed by atoms with van der Waals surface area (Å²) in [5, 5.41) is 0. The lowest BCUT2D eigenvalue weighted by atomic mass is 10.1. The van der Waals surface area contributed by atoms with Crippen LogP contribution in [-0.2, 0) is 11.2 Å². The molecule has 1 aromatic carbocycles. The van der Waals surface area contributed by atoms with Gasteiger partial charge in [0.2, 0.25) is 0 Å². The van der Waals surface area contributed by atoms with Crippen molar-refractivity contribution in [2.75, 3.05) is 6.61 Å². The third kappa shape index (κ3) is 3.45. The van der Waals surface area contributed by atoms with Crippen molar-refractivity contribution in [2.24, 2.45) is 5.84 Å². The molecule has 0 aromatic heterocycles. The number of hydrazine groups is 1. The number of rotatable bonds is 3. The number of hydrogen-bond donors (Lipinski definition) is 2. The zero-order valence-corrected chi connectivity index (χ0v) is 8.12. The predicted octanol–water partition coefficient (Wildman–Crippen LogP) is 1.14. The molecule has 1 amide bonds. The molecule has 0 aliphatic heterocycles. The van der Waals surface area contributed by atoms with Gasteiger partial charge in [0.05, 0.1) is 6.61 Å². The Kier molecular flexibility index (Phi) is 3.94. The number of benzene rings is 1. The van der Waals surface area contributed by atoms with Gasteiger partial charge >= 0.3 is 6.09 Å². The van der Waals surface area contributed by atoms with Crippen LogP contribution in [0.15, 0.2) is 24.3 Å². The fraction of sp³-hybridized carbons (Fsp3) is 0.300. The largest absolute Gasteiger partial charge is 0.448 e. The molecule has 0 saturated carbocycles. The number of nitrogens with two attached hydrogens (primary N) is 1. The maximum Gasteiger partial charge on any atom is 0.421 e. The molecule has 0 unspecified atom stereocenters. The first kappa shape index (κ1) is 10.5. The quantitative estimate of drug-likeness (QED) is 0.431. The highest BCUT2D eigenvalue weighted by Gasteiger charge is 1.98. The van der Waals surface area contributed by atoms with Crippen LogP contribution in [0.1, 0.15) is 11.1 Å². The number of carbonyl (C=O) groups excluding carboxylic acids is 1. The van der Waals surface area contributed by atoms with E-state index in [2.05, 4.69) is 0 Å². The maximum atomic E-state index is 10.6. The van der Waals surface area contributed by atoms with Crippen LogP contribution in [0.3, 0.4) is 0 Å². The van der Waals surface area contributed by atoms with Gasteiger partial charge in [0.15, 0.2) is 0 Å². The summed E-state index contributed by atoms with van der Waals surface area (Å²) in [6.07, 6.45) is 0.102. The van der Waals surface area contributed by atoms with E-state index < -0.39 is 6.09 Å². The lowest BCUT2D eigenvalue weighted by Crippen LogP contribution is -2.31. The zero-order valence-electron chi connectivity index (χ0n) is 8.12. The standard InChI is InChI=1S/C10H14N2O2/c1-8-2-4-9(5-3-8)6-7-14-10(13)12-11/h2-5H,6-7,11H2,1H3,(H,12,13). The molecule has 0 bridgehead atoms. The molecular formula is C10H14N2O2. The Hall–Kier alpha value is -1.55. The summed E-state index contributed by atoms with van der Waals surface area (Å²) in [4.78, 5) is 10.6. The van der Waals surface area contributed by atoms with Gasteiger partial charge in [-0.05, 0) is 12.5 Å². The first-order chi connectivity index (χ1) is 6.72. The average Bonchev–Trinajstić information content (AvgIpc) is 2.21. The minimum absolute atomic E-state index is 0.339. The average molecular weight is 194 g/mol. The van der Waals surface area contributed by atoms with Crippen LogP contribution in [0, 0.1) is 6.92 Å². The van der Waals surface area contributed by atoms with Crippen molar-refractivity contribution < 1.29 is 9.53 Å².